The molecule has 0 amide bonds. The van der Waals surface area contributed by atoms with Gasteiger partial charge >= 0.3 is 0 Å². The fraction of sp³-hybridized carbons (Fsp3) is 0.545. The summed E-state index contributed by atoms with van der Waals surface area (Å²) in [5, 5.41) is 0. The van der Waals surface area contributed by atoms with Gasteiger partial charge in [0, 0.05) is 6.07 Å². The highest BCUT2D eigenvalue weighted by molar-refractivity contribution is 6.16. The van der Waals surface area contributed by atoms with E-state index in [1.54, 1.807) is 0 Å². The van der Waals surface area contributed by atoms with Crippen LogP contribution in [0.15, 0.2) is 18.2 Å². The van der Waals surface area contributed by atoms with Gasteiger partial charge in [0.2, 0.25) is 5.88 Å². The molecule has 0 bridgehead atoms. The van der Waals surface area contributed by atoms with E-state index in [2.05, 4.69) is 11.9 Å². The fourth-order valence-electron chi connectivity index (χ4n) is 0.944. The van der Waals surface area contributed by atoms with Crippen LogP contribution in [0.4, 0.5) is 0 Å². The van der Waals surface area contributed by atoms with Gasteiger partial charge in [-0.1, -0.05) is 13.0 Å². The highest BCUT2D eigenvalue weighted by Crippen LogP contribution is 2.19. The minimum absolute atomic E-state index is 0.169. The molecule has 0 fully saturated rings. The quantitative estimate of drug-likeness (QED) is 0.716. The summed E-state index contributed by atoms with van der Waals surface area (Å²) < 4.78 is 5.72. The smallest absolute Gasteiger partial charge is 0.213 e. The first-order valence-corrected chi connectivity index (χ1v) is 5.32. The van der Waals surface area contributed by atoms with Crippen molar-refractivity contribution < 1.29 is 4.74 Å². The van der Waals surface area contributed by atoms with Crippen LogP contribution in [0.5, 0.6) is 5.88 Å². The van der Waals surface area contributed by atoms with Gasteiger partial charge in [0.25, 0.3) is 0 Å². The third-order valence-electron chi connectivity index (χ3n) is 2.15. The number of rotatable bonds is 4. The molecular formula is C11H16ClNO. The van der Waals surface area contributed by atoms with E-state index in [0.717, 1.165) is 12.1 Å². The first-order valence-electron chi connectivity index (χ1n) is 4.78. The second kappa shape index (κ2) is 4.65. The van der Waals surface area contributed by atoms with Crippen LogP contribution in [-0.2, 0) is 5.88 Å². The molecule has 0 aliphatic heterocycles. The summed E-state index contributed by atoms with van der Waals surface area (Å²) in [4.78, 5) is 4.27. The van der Waals surface area contributed by atoms with Crippen molar-refractivity contribution in [3.63, 3.8) is 0 Å². The van der Waals surface area contributed by atoms with Crippen LogP contribution in [0.25, 0.3) is 0 Å². The summed E-state index contributed by atoms with van der Waals surface area (Å²) in [6.45, 7) is 6.18. The van der Waals surface area contributed by atoms with Gasteiger partial charge in [-0.05, 0) is 26.3 Å². The molecule has 1 rings (SSSR count). The molecule has 0 saturated carbocycles. The first-order chi connectivity index (χ1) is 6.57. The monoisotopic (exact) mass is 213 g/mol. The number of pyridine rings is 1. The summed E-state index contributed by atoms with van der Waals surface area (Å²) in [5.74, 6) is 1.07. The van der Waals surface area contributed by atoms with E-state index in [0.29, 0.717) is 11.8 Å². The van der Waals surface area contributed by atoms with Crippen LogP contribution in [0.3, 0.4) is 0 Å². The lowest BCUT2D eigenvalue weighted by Crippen LogP contribution is -2.27. The highest BCUT2D eigenvalue weighted by atomic mass is 35.5. The SMILES string of the molecule is CCC(C)(C)Oc1cccc(CCl)n1. The third kappa shape index (κ3) is 3.18. The standard InChI is InChI=1S/C11H16ClNO/c1-4-11(2,3)14-10-7-5-6-9(8-12)13-10/h5-7H,4,8H2,1-3H3. The van der Waals surface area contributed by atoms with E-state index < -0.39 is 0 Å². The van der Waals surface area contributed by atoms with Crippen molar-refractivity contribution in [3.05, 3.63) is 23.9 Å². The van der Waals surface area contributed by atoms with Gasteiger partial charge in [0.05, 0.1) is 11.6 Å². The predicted octanol–water partition coefficient (Wildman–Crippen LogP) is 3.39. The summed E-state index contributed by atoms with van der Waals surface area (Å²) in [6.07, 6.45) is 0.944. The predicted molar refractivity (Wildman–Crippen MR) is 58.8 cm³/mol. The Bertz CT molecular complexity index is 299. The molecule has 0 aromatic carbocycles. The van der Waals surface area contributed by atoms with Crippen molar-refractivity contribution in [2.75, 3.05) is 0 Å². The van der Waals surface area contributed by atoms with E-state index >= 15 is 0 Å². The molecule has 1 aromatic heterocycles. The molecule has 1 heterocycles. The van der Waals surface area contributed by atoms with E-state index in [1.165, 1.54) is 0 Å². The number of ether oxygens (including phenoxy) is 1. The largest absolute Gasteiger partial charge is 0.472 e. The zero-order valence-corrected chi connectivity index (χ0v) is 9.64. The molecule has 78 valence electrons. The average molecular weight is 214 g/mol. The van der Waals surface area contributed by atoms with E-state index in [-0.39, 0.29) is 5.60 Å². The van der Waals surface area contributed by atoms with Gasteiger partial charge in [-0.2, -0.15) is 0 Å². The van der Waals surface area contributed by atoms with Crippen molar-refractivity contribution in [3.8, 4) is 5.88 Å². The minimum Gasteiger partial charge on any atom is -0.472 e. The molecule has 3 heteroatoms. The van der Waals surface area contributed by atoms with Gasteiger partial charge in [0.1, 0.15) is 5.60 Å². The van der Waals surface area contributed by atoms with Crippen molar-refractivity contribution in [1.29, 1.82) is 0 Å². The summed E-state index contributed by atoms with van der Waals surface area (Å²) in [7, 11) is 0. The highest BCUT2D eigenvalue weighted by Gasteiger charge is 2.17. The molecule has 0 unspecified atom stereocenters. The summed E-state index contributed by atoms with van der Waals surface area (Å²) in [6, 6.07) is 5.65. The van der Waals surface area contributed by atoms with Gasteiger partial charge in [0.15, 0.2) is 0 Å². The van der Waals surface area contributed by atoms with Crippen molar-refractivity contribution in [2.45, 2.75) is 38.7 Å². The second-order valence-corrected chi connectivity index (χ2v) is 4.08. The lowest BCUT2D eigenvalue weighted by molar-refractivity contribution is 0.0988. The topological polar surface area (TPSA) is 22.1 Å². The zero-order chi connectivity index (χ0) is 10.6. The third-order valence-corrected chi connectivity index (χ3v) is 2.42. The van der Waals surface area contributed by atoms with Gasteiger partial charge in [-0.15, -0.1) is 11.6 Å². The normalized spacial score (nSPS) is 11.4. The molecule has 0 spiro atoms. The van der Waals surface area contributed by atoms with E-state index in [9.17, 15) is 0 Å². The number of hydrogen-bond donors (Lipinski definition) is 0. The Morgan fingerprint density at radius 2 is 2.14 bits per heavy atom. The maximum Gasteiger partial charge on any atom is 0.213 e. The Labute approximate surface area is 90.3 Å². The van der Waals surface area contributed by atoms with Crippen molar-refractivity contribution >= 4 is 11.6 Å². The maximum atomic E-state index is 5.72. The number of nitrogens with zero attached hydrogens (tertiary/aromatic N) is 1. The second-order valence-electron chi connectivity index (χ2n) is 3.82. The lowest BCUT2D eigenvalue weighted by atomic mass is 10.1. The molecule has 14 heavy (non-hydrogen) atoms. The maximum absolute atomic E-state index is 5.72. The van der Waals surface area contributed by atoms with Gasteiger partial charge < -0.3 is 4.74 Å². The summed E-state index contributed by atoms with van der Waals surface area (Å²) in [5.41, 5.74) is 0.675. The fourth-order valence-corrected chi connectivity index (χ4v) is 1.09. The number of hydrogen-bond acceptors (Lipinski definition) is 2. The Hall–Kier alpha value is -0.760. The number of alkyl halides is 1. The van der Waals surface area contributed by atoms with Crippen LogP contribution in [0.1, 0.15) is 32.9 Å². The summed E-state index contributed by atoms with van der Waals surface area (Å²) >= 11 is 5.69. The van der Waals surface area contributed by atoms with Crippen LogP contribution in [0, 0.1) is 0 Å². The van der Waals surface area contributed by atoms with Crippen LogP contribution < -0.4 is 4.74 Å². The van der Waals surface area contributed by atoms with Crippen LogP contribution >= 0.6 is 11.6 Å². The van der Waals surface area contributed by atoms with Gasteiger partial charge in [-0.25, -0.2) is 4.98 Å². The minimum atomic E-state index is -0.169. The van der Waals surface area contributed by atoms with Crippen LogP contribution in [-0.4, -0.2) is 10.6 Å². The van der Waals surface area contributed by atoms with Crippen LogP contribution in [0.2, 0.25) is 0 Å². The van der Waals surface area contributed by atoms with Crippen molar-refractivity contribution in [2.24, 2.45) is 0 Å². The molecule has 0 radical (unpaired) electrons. The Kier molecular flexibility index (Phi) is 3.76. The number of aromatic nitrogens is 1. The lowest BCUT2D eigenvalue weighted by Gasteiger charge is -2.24. The Balaban J connectivity index is 2.76. The van der Waals surface area contributed by atoms with Gasteiger partial charge in [-0.3, -0.25) is 0 Å². The first kappa shape index (κ1) is 11.3. The van der Waals surface area contributed by atoms with Crippen molar-refractivity contribution in [1.82, 2.24) is 4.98 Å². The molecule has 1 aromatic rings. The average Bonchev–Trinajstić information content (AvgIpc) is 2.17. The Morgan fingerprint density at radius 1 is 1.43 bits per heavy atom. The molecular weight excluding hydrogens is 198 g/mol. The van der Waals surface area contributed by atoms with E-state index in [1.807, 2.05) is 32.0 Å². The Morgan fingerprint density at radius 3 is 2.71 bits per heavy atom. The molecule has 0 aliphatic carbocycles. The zero-order valence-electron chi connectivity index (χ0n) is 8.88. The molecule has 0 atom stereocenters. The molecule has 0 saturated heterocycles. The molecule has 0 aliphatic rings. The molecule has 2 nitrogen and oxygen atoms in total. The van der Waals surface area contributed by atoms with E-state index in [4.69, 9.17) is 16.3 Å². The number of halogens is 1. The molecule has 0 N–H and O–H groups in total.